The Kier molecular flexibility index (Phi) is 4.02. The molecule has 72 valence electrons. The van der Waals surface area contributed by atoms with Gasteiger partial charge in [0.15, 0.2) is 0 Å². The zero-order valence-corrected chi connectivity index (χ0v) is 8.38. The lowest BCUT2D eigenvalue weighted by Crippen LogP contribution is -2.32. The van der Waals surface area contributed by atoms with E-state index in [1.807, 2.05) is 0 Å². The van der Waals surface area contributed by atoms with Crippen LogP contribution in [0.2, 0.25) is 0 Å². The first-order valence-electron chi connectivity index (χ1n) is 4.82. The first-order chi connectivity index (χ1) is 5.75. The summed E-state index contributed by atoms with van der Waals surface area (Å²) in [5, 5.41) is 0. The second kappa shape index (κ2) is 4.83. The highest BCUT2D eigenvalue weighted by atomic mass is 16.5. The van der Waals surface area contributed by atoms with Crippen LogP contribution in [-0.2, 0) is 9.47 Å². The quantitative estimate of drug-likeness (QED) is 0.647. The fourth-order valence-electron chi connectivity index (χ4n) is 1.98. The van der Waals surface area contributed by atoms with Gasteiger partial charge in [-0.1, -0.05) is 13.8 Å². The van der Waals surface area contributed by atoms with Crippen LogP contribution in [0.15, 0.2) is 0 Å². The maximum absolute atomic E-state index is 5.46. The van der Waals surface area contributed by atoms with Crippen LogP contribution in [0.25, 0.3) is 0 Å². The molecule has 1 rings (SSSR count). The Balaban J connectivity index is 2.36. The van der Waals surface area contributed by atoms with E-state index in [9.17, 15) is 0 Å². The van der Waals surface area contributed by atoms with E-state index in [2.05, 4.69) is 13.8 Å². The van der Waals surface area contributed by atoms with Crippen molar-refractivity contribution in [1.82, 2.24) is 0 Å². The Labute approximate surface area is 75.2 Å². The molecule has 1 saturated heterocycles. The summed E-state index contributed by atoms with van der Waals surface area (Å²) in [7, 11) is 1.77. The van der Waals surface area contributed by atoms with Crippen molar-refractivity contribution in [2.75, 3.05) is 26.9 Å². The van der Waals surface area contributed by atoms with Crippen LogP contribution in [0.3, 0.4) is 0 Å². The van der Waals surface area contributed by atoms with Crippen LogP contribution < -0.4 is 0 Å². The second-order valence-electron chi connectivity index (χ2n) is 3.94. The van der Waals surface area contributed by atoms with E-state index in [1.54, 1.807) is 7.11 Å². The normalized spacial score (nSPS) is 33.2. The Bertz CT molecular complexity index is 125. The van der Waals surface area contributed by atoms with Crippen LogP contribution in [-0.4, -0.2) is 26.9 Å². The van der Waals surface area contributed by atoms with Crippen LogP contribution in [0.1, 0.15) is 20.3 Å². The fourth-order valence-corrected chi connectivity index (χ4v) is 1.98. The minimum atomic E-state index is 0.630. The molecular formula is C10H20O2. The van der Waals surface area contributed by atoms with Crippen molar-refractivity contribution in [2.24, 2.45) is 17.8 Å². The topological polar surface area (TPSA) is 18.5 Å². The summed E-state index contributed by atoms with van der Waals surface area (Å²) in [6, 6.07) is 0. The third-order valence-electron chi connectivity index (χ3n) is 2.92. The molecule has 0 aromatic carbocycles. The molecule has 0 radical (unpaired) electrons. The highest BCUT2D eigenvalue weighted by molar-refractivity contribution is 4.74. The Morgan fingerprint density at radius 2 is 2.33 bits per heavy atom. The molecule has 1 aliphatic heterocycles. The van der Waals surface area contributed by atoms with Crippen LogP contribution in [0, 0.1) is 17.8 Å². The molecule has 0 saturated carbocycles. The lowest BCUT2D eigenvalue weighted by Gasteiger charge is -2.33. The fraction of sp³-hybridized carbons (Fsp3) is 1.00. The average Bonchev–Trinajstić information content (AvgIpc) is 2.05. The lowest BCUT2D eigenvalue weighted by atomic mass is 9.81. The van der Waals surface area contributed by atoms with Gasteiger partial charge in [-0.3, -0.25) is 0 Å². The Morgan fingerprint density at radius 3 is 2.92 bits per heavy atom. The minimum absolute atomic E-state index is 0.630. The van der Waals surface area contributed by atoms with Gasteiger partial charge in [-0.25, -0.2) is 0 Å². The summed E-state index contributed by atoms with van der Waals surface area (Å²) in [6.07, 6.45) is 1.21. The predicted octanol–water partition coefficient (Wildman–Crippen LogP) is 1.94. The Hall–Kier alpha value is -0.0800. The van der Waals surface area contributed by atoms with E-state index in [0.717, 1.165) is 25.7 Å². The largest absolute Gasteiger partial charge is 0.384 e. The molecule has 1 fully saturated rings. The van der Waals surface area contributed by atoms with Gasteiger partial charge in [0.05, 0.1) is 0 Å². The third-order valence-corrected chi connectivity index (χ3v) is 2.92. The maximum Gasteiger partial charge on any atom is 0.0500 e. The van der Waals surface area contributed by atoms with E-state index < -0.39 is 0 Å². The summed E-state index contributed by atoms with van der Waals surface area (Å²) >= 11 is 0. The van der Waals surface area contributed by atoms with Crippen LogP contribution in [0.5, 0.6) is 0 Å². The van der Waals surface area contributed by atoms with Gasteiger partial charge >= 0.3 is 0 Å². The predicted molar refractivity (Wildman–Crippen MR) is 49.1 cm³/mol. The SMILES string of the molecule is COC[C@H](C)C1COCC[C@H]1C. The number of hydrogen-bond acceptors (Lipinski definition) is 2. The lowest BCUT2D eigenvalue weighted by molar-refractivity contribution is -0.0160. The molecule has 0 aliphatic carbocycles. The van der Waals surface area contributed by atoms with Crippen LogP contribution >= 0.6 is 0 Å². The average molecular weight is 172 g/mol. The maximum atomic E-state index is 5.46. The van der Waals surface area contributed by atoms with Gasteiger partial charge in [-0.15, -0.1) is 0 Å². The first-order valence-corrected chi connectivity index (χ1v) is 4.82. The van der Waals surface area contributed by atoms with Gasteiger partial charge in [-0.05, 0) is 24.2 Å². The van der Waals surface area contributed by atoms with Gasteiger partial charge in [0.25, 0.3) is 0 Å². The van der Waals surface area contributed by atoms with Crippen LogP contribution in [0.4, 0.5) is 0 Å². The van der Waals surface area contributed by atoms with Crippen molar-refractivity contribution in [3.63, 3.8) is 0 Å². The van der Waals surface area contributed by atoms with E-state index in [0.29, 0.717) is 11.8 Å². The van der Waals surface area contributed by atoms with Crippen molar-refractivity contribution in [2.45, 2.75) is 20.3 Å². The highest BCUT2D eigenvalue weighted by Gasteiger charge is 2.26. The second-order valence-corrected chi connectivity index (χ2v) is 3.94. The van der Waals surface area contributed by atoms with Crippen molar-refractivity contribution in [3.05, 3.63) is 0 Å². The van der Waals surface area contributed by atoms with E-state index in [4.69, 9.17) is 9.47 Å². The van der Waals surface area contributed by atoms with Gasteiger partial charge < -0.3 is 9.47 Å². The summed E-state index contributed by atoms with van der Waals surface area (Å²) in [6.45, 7) is 7.29. The monoisotopic (exact) mass is 172 g/mol. The summed E-state index contributed by atoms with van der Waals surface area (Å²) in [5.41, 5.74) is 0. The third kappa shape index (κ3) is 2.46. The van der Waals surface area contributed by atoms with E-state index in [-0.39, 0.29) is 0 Å². The van der Waals surface area contributed by atoms with Crippen molar-refractivity contribution < 1.29 is 9.47 Å². The molecule has 0 aromatic heterocycles. The van der Waals surface area contributed by atoms with Crippen molar-refractivity contribution >= 4 is 0 Å². The molecule has 0 N–H and O–H groups in total. The minimum Gasteiger partial charge on any atom is -0.384 e. The summed E-state index contributed by atoms with van der Waals surface area (Å²) < 4.78 is 10.6. The zero-order chi connectivity index (χ0) is 8.97. The zero-order valence-electron chi connectivity index (χ0n) is 8.38. The molecule has 1 unspecified atom stereocenters. The standard InChI is InChI=1S/C10H20O2/c1-8-4-5-12-7-10(8)9(2)6-11-3/h8-10H,4-7H2,1-3H3/t8-,9+,10?/m1/s1. The molecule has 2 nitrogen and oxygen atoms in total. The van der Waals surface area contributed by atoms with E-state index in [1.165, 1.54) is 6.42 Å². The highest BCUT2D eigenvalue weighted by Crippen LogP contribution is 2.27. The molecule has 0 amide bonds. The molecule has 1 heterocycles. The number of hydrogen-bond donors (Lipinski definition) is 0. The van der Waals surface area contributed by atoms with Crippen molar-refractivity contribution in [3.8, 4) is 0 Å². The molecule has 0 bridgehead atoms. The molecule has 2 heteroatoms. The molecule has 0 aromatic rings. The first kappa shape index (κ1) is 10.0. The van der Waals surface area contributed by atoms with Crippen molar-refractivity contribution in [1.29, 1.82) is 0 Å². The number of rotatable bonds is 3. The van der Waals surface area contributed by atoms with Gasteiger partial charge in [0, 0.05) is 26.9 Å². The van der Waals surface area contributed by atoms with Gasteiger partial charge in [0.1, 0.15) is 0 Å². The van der Waals surface area contributed by atoms with Gasteiger partial charge in [0.2, 0.25) is 0 Å². The number of ether oxygens (including phenoxy) is 2. The smallest absolute Gasteiger partial charge is 0.0500 e. The molecule has 12 heavy (non-hydrogen) atoms. The molecule has 1 aliphatic rings. The molecule has 0 spiro atoms. The molecular weight excluding hydrogens is 152 g/mol. The van der Waals surface area contributed by atoms with Gasteiger partial charge in [-0.2, -0.15) is 0 Å². The molecule has 3 atom stereocenters. The summed E-state index contributed by atoms with van der Waals surface area (Å²) in [4.78, 5) is 0. The Morgan fingerprint density at radius 1 is 1.58 bits per heavy atom. The summed E-state index contributed by atoms with van der Waals surface area (Å²) in [5.74, 6) is 2.12. The van der Waals surface area contributed by atoms with E-state index >= 15 is 0 Å². The number of methoxy groups -OCH3 is 1.